The van der Waals surface area contributed by atoms with E-state index in [0.29, 0.717) is 17.8 Å². The molecule has 28 heavy (non-hydrogen) atoms. The fourth-order valence-electron chi connectivity index (χ4n) is 2.99. The van der Waals surface area contributed by atoms with Gasteiger partial charge in [0.25, 0.3) is 0 Å². The van der Waals surface area contributed by atoms with Gasteiger partial charge in [-0.3, -0.25) is 9.10 Å². The van der Waals surface area contributed by atoms with Gasteiger partial charge in [-0.1, -0.05) is 32.0 Å². The van der Waals surface area contributed by atoms with E-state index in [2.05, 4.69) is 5.32 Å². The number of para-hydroxylation sites is 1. The highest BCUT2D eigenvalue weighted by Gasteiger charge is 2.32. The van der Waals surface area contributed by atoms with Crippen LogP contribution in [0.1, 0.15) is 31.4 Å². The largest absolute Gasteiger partial charge is 0.323 e. The molecule has 1 N–H and O–H groups in total. The number of carbonyl (C=O) groups excluding carboxylic acids is 1. The van der Waals surface area contributed by atoms with Crippen molar-refractivity contribution in [3.05, 3.63) is 53.6 Å². The predicted molar refractivity (Wildman–Crippen MR) is 119 cm³/mol. The Morgan fingerprint density at radius 3 is 2.36 bits per heavy atom. The number of nitrogens with one attached hydrogen (secondary N) is 1. The molecule has 2 aromatic rings. The summed E-state index contributed by atoms with van der Waals surface area (Å²) in [7, 11) is -3.65. The number of hydrogen-bond donors (Lipinski definition) is 1. The molecule has 0 saturated carbocycles. The van der Waals surface area contributed by atoms with E-state index in [0.717, 1.165) is 28.0 Å². The number of aryl methyl sites for hydroxylation is 2. The summed E-state index contributed by atoms with van der Waals surface area (Å²) >= 11 is 1.63. The topological polar surface area (TPSA) is 66.5 Å². The van der Waals surface area contributed by atoms with Gasteiger partial charge in [0, 0.05) is 4.90 Å². The molecule has 0 aromatic heterocycles. The Morgan fingerprint density at radius 1 is 1.11 bits per heavy atom. The molecule has 0 spiro atoms. The van der Waals surface area contributed by atoms with E-state index in [1.807, 2.05) is 64.1 Å². The molecule has 152 valence electrons. The Kier molecular flexibility index (Phi) is 7.55. The van der Waals surface area contributed by atoms with Crippen LogP contribution >= 0.6 is 11.8 Å². The van der Waals surface area contributed by atoms with Crippen molar-refractivity contribution in [2.24, 2.45) is 0 Å². The first kappa shape index (κ1) is 22.3. The fourth-order valence-corrected chi connectivity index (χ4v) is 4.95. The van der Waals surface area contributed by atoms with Crippen molar-refractivity contribution >= 4 is 39.1 Å². The molecule has 0 heterocycles. The maximum Gasteiger partial charge on any atom is 0.248 e. The quantitative estimate of drug-likeness (QED) is 0.634. The third kappa shape index (κ3) is 5.29. The van der Waals surface area contributed by atoms with Gasteiger partial charge >= 0.3 is 0 Å². The number of benzene rings is 2. The lowest BCUT2D eigenvalue weighted by Crippen LogP contribution is -2.47. The van der Waals surface area contributed by atoms with Crippen molar-refractivity contribution in [2.45, 2.75) is 45.1 Å². The molecule has 0 aliphatic rings. The van der Waals surface area contributed by atoms with Crippen LogP contribution in [0.5, 0.6) is 0 Å². The van der Waals surface area contributed by atoms with Crippen molar-refractivity contribution in [1.29, 1.82) is 0 Å². The number of amides is 1. The van der Waals surface area contributed by atoms with Crippen LogP contribution in [-0.4, -0.2) is 32.4 Å². The van der Waals surface area contributed by atoms with Crippen molar-refractivity contribution in [2.75, 3.05) is 21.6 Å². The molecule has 0 aliphatic carbocycles. The molecule has 0 unspecified atom stereocenters. The first-order chi connectivity index (χ1) is 13.2. The lowest BCUT2D eigenvalue weighted by Gasteiger charge is -2.30. The zero-order valence-electron chi connectivity index (χ0n) is 17.0. The zero-order valence-corrected chi connectivity index (χ0v) is 18.7. The van der Waals surface area contributed by atoms with Gasteiger partial charge in [-0.25, -0.2) is 8.42 Å². The number of hydrogen-bond acceptors (Lipinski definition) is 4. The Hall–Kier alpha value is -1.99. The van der Waals surface area contributed by atoms with Crippen molar-refractivity contribution in [3.8, 4) is 0 Å². The van der Waals surface area contributed by atoms with Gasteiger partial charge < -0.3 is 5.32 Å². The van der Waals surface area contributed by atoms with Gasteiger partial charge in [0.2, 0.25) is 15.9 Å². The van der Waals surface area contributed by atoms with E-state index < -0.39 is 16.1 Å². The van der Waals surface area contributed by atoms with Crippen LogP contribution in [0.4, 0.5) is 11.4 Å². The normalized spacial score (nSPS) is 12.5. The molecule has 0 aliphatic heterocycles. The lowest BCUT2D eigenvalue weighted by atomic mass is 10.1. The number of rotatable bonds is 8. The summed E-state index contributed by atoms with van der Waals surface area (Å²) in [5.41, 5.74) is 3.25. The van der Waals surface area contributed by atoms with E-state index in [1.54, 1.807) is 17.8 Å². The minimum absolute atomic E-state index is 0.338. The monoisotopic (exact) mass is 420 g/mol. The van der Waals surface area contributed by atoms with E-state index in [1.165, 1.54) is 4.31 Å². The summed E-state index contributed by atoms with van der Waals surface area (Å²) < 4.78 is 26.4. The molecule has 0 bridgehead atoms. The van der Waals surface area contributed by atoms with Gasteiger partial charge in [-0.15, -0.1) is 11.8 Å². The average molecular weight is 421 g/mol. The number of thioether (sulfide) groups is 1. The molecule has 0 radical (unpaired) electrons. The Labute approximate surface area is 172 Å². The molecule has 5 nitrogen and oxygen atoms in total. The minimum atomic E-state index is -3.65. The summed E-state index contributed by atoms with van der Waals surface area (Å²) in [6, 6.07) is 12.2. The van der Waals surface area contributed by atoms with Crippen molar-refractivity contribution in [1.82, 2.24) is 0 Å². The molecule has 0 saturated heterocycles. The number of carbonyl (C=O) groups is 1. The summed E-state index contributed by atoms with van der Waals surface area (Å²) in [4.78, 5) is 14.1. The third-order valence-corrected chi connectivity index (χ3v) is 6.66. The molecular formula is C21H28N2O3S2. The van der Waals surface area contributed by atoms with E-state index in [4.69, 9.17) is 0 Å². The van der Waals surface area contributed by atoms with Crippen LogP contribution in [0.3, 0.4) is 0 Å². The number of nitrogens with zero attached hydrogens (tertiary/aromatic N) is 1. The standard InChI is InChI=1S/C21H28N2O3S2/c1-6-19(21(24)22-18-10-8-9-11-20(18)27-7-2)23(28(5,25)26)17-13-12-15(3)16(4)14-17/h8-14,19H,6-7H2,1-5H3,(H,22,24)/t19-/m1/s1. The van der Waals surface area contributed by atoms with Gasteiger partial charge in [0.1, 0.15) is 6.04 Å². The van der Waals surface area contributed by atoms with Crippen LogP contribution < -0.4 is 9.62 Å². The highest BCUT2D eigenvalue weighted by molar-refractivity contribution is 7.99. The number of sulfonamides is 1. The predicted octanol–water partition coefficient (Wildman–Crippen LogP) is 4.60. The molecular weight excluding hydrogens is 392 g/mol. The van der Waals surface area contributed by atoms with Crippen LogP contribution in [0.25, 0.3) is 0 Å². The summed E-state index contributed by atoms with van der Waals surface area (Å²) in [5.74, 6) is 0.540. The number of anilines is 2. The van der Waals surface area contributed by atoms with Crippen LogP contribution in [0.2, 0.25) is 0 Å². The Morgan fingerprint density at radius 2 is 1.79 bits per heavy atom. The third-order valence-electron chi connectivity index (χ3n) is 4.52. The maximum absolute atomic E-state index is 13.1. The van der Waals surface area contributed by atoms with Gasteiger partial charge in [0.05, 0.1) is 17.6 Å². The first-order valence-corrected chi connectivity index (χ1v) is 12.1. The van der Waals surface area contributed by atoms with Gasteiger partial charge in [-0.05, 0) is 61.4 Å². The van der Waals surface area contributed by atoms with Crippen LogP contribution in [0.15, 0.2) is 47.4 Å². The van der Waals surface area contributed by atoms with E-state index in [-0.39, 0.29) is 5.91 Å². The molecule has 7 heteroatoms. The smallest absolute Gasteiger partial charge is 0.248 e. The Bertz CT molecular complexity index is 942. The first-order valence-electron chi connectivity index (χ1n) is 9.28. The fraction of sp³-hybridized carbons (Fsp3) is 0.381. The highest BCUT2D eigenvalue weighted by atomic mass is 32.2. The second-order valence-corrected chi connectivity index (χ2v) is 9.84. The summed E-state index contributed by atoms with van der Waals surface area (Å²) in [6.07, 6.45) is 1.49. The van der Waals surface area contributed by atoms with E-state index in [9.17, 15) is 13.2 Å². The SMILES string of the molecule is CCSc1ccccc1NC(=O)[C@@H](CC)N(c1ccc(C)c(C)c1)S(C)(=O)=O. The second-order valence-electron chi connectivity index (χ2n) is 6.67. The maximum atomic E-state index is 13.1. The van der Waals surface area contributed by atoms with Crippen molar-refractivity contribution < 1.29 is 13.2 Å². The van der Waals surface area contributed by atoms with Gasteiger partial charge in [0.15, 0.2) is 0 Å². The molecule has 0 fully saturated rings. The highest BCUT2D eigenvalue weighted by Crippen LogP contribution is 2.29. The van der Waals surface area contributed by atoms with Crippen LogP contribution in [0, 0.1) is 13.8 Å². The average Bonchev–Trinajstić information content (AvgIpc) is 2.62. The second kappa shape index (κ2) is 9.47. The molecule has 2 aromatic carbocycles. The lowest BCUT2D eigenvalue weighted by molar-refractivity contribution is -0.117. The Balaban J connectivity index is 2.41. The molecule has 1 amide bonds. The molecule has 1 atom stereocenters. The van der Waals surface area contributed by atoms with Gasteiger partial charge in [-0.2, -0.15) is 0 Å². The zero-order chi connectivity index (χ0) is 20.9. The van der Waals surface area contributed by atoms with Crippen LogP contribution in [-0.2, 0) is 14.8 Å². The summed E-state index contributed by atoms with van der Waals surface area (Å²) in [6.45, 7) is 7.76. The molecule has 2 rings (SSSR count). The van der Waals surface area contributed by atoms with Crippen molar-refractivity contribution in [3.63, 3.8) is 0 Å². The minimum Gasteiger partial charge on any atom is -0.323 e. The van der Waals surface area contributed by atoms with E-state index >= 15 is 0 Å². The summed E-state index contributed by atoms with van der Waals surface area (Å²) in [5, 5.41) is 2.93.